The number of nitro benzene ring substituents is 1. The molecule has 1 saturated heterocycles. The molecule has 1 atom stereocenters. The highest BCUT2D eigenvalue weighted by Gasteiger charge is 2.48. The predicted octanol–water partition coefficient (Wildman–Crippen LogP) is 5.88. The normalized spacial score (nSPS) is 16.9. The molecule has 3 aromatic carbocycles. The third kappa shape index (κ3) is 4.41. The summed E-state index contributed by atoms with van der Waals surface area (Å²) >= 11 is 7.13. The molecular formula is C26H18ClN3O6S. The Morgan fingerprint density at radius 1 is 1.16 bits per heavy atom. The van der Waals surface area contributed by atoms with E-state index in [1.807, 2.05) is 6.92 Å². The summed E-state index contributed by atoms with van der Waals surface area (Å²) in [5, 5.41) is 23.3. The zero-order valence-electron chi connectivity index (χ0n) is 19.3. The summed E-state index contributed by atoms with van der Waals surface area (Å²) in [5.74, 6) is -1.63. The van der Waals surface area contributed by atoms with E-state index in [-0.39, 0.29) is 27.5 Å². The number of aliphatic hydroxyl groups is 1. The number of non-ortho nitro benzene ring substituents is 1. The second kappa shape index (κ2) is 9.64. The molecule has 186 valence electrons. The van der Waals surface area contributed by atoms with Crippen LogP contribution in [0.5, 0.6) is 5.75 Å². The highest BCUT2D eigenvalue weighted by atomic mass is 35.5. The highest BCUT2D eigenvalue weighted by molar-refractivity contribution is 7.22. The third-order valence-electron chi connectivity index (χ3n) is 5.82. The van der Waals surface area contributed by atoms with E-state index in [1.165, 1.54) is 46.6 Å². The maximum Gasteiger partial charge on any atom is 0.301 e. The third-order valence-corrected chi connectivity index (χ3v) is 7.09. The van der Waals surface area contributed by atoms with Crippen LogP contribution in [-0.4, -0.2) is 33.3 Å². The zero-order chi connectivity index (χ0) is 26.3. The number of halogens is 1. The van der Waals surface area contributed by atoms with E-state index in [9.17, 15) is 24.8 Å². The number of benzene rings is 3. The summed E-state index contributed by atoms with van der Waals surface area (Å²) in [7, 11) is 0. The Morgan fingerprint density at radius 3 is 2.62 bits per heavy atom. The van der Waals surface area contributed by atoms with Crippen molar-refractivity contribution in [1.82, 2.24) is 4.98 Å². The number of hydrogen-bond acceptors (Lipinski definition) is 8. The summed E-state index contributed by atoms with van der Waals surface area (Å²) < 4.78 is 6.27. The van der Waals surface area contributed by atoms with Gasteiger partial charge in [-0.3, -0.25) is 24.6 Å². The van der Waals surface area contributed by atoms with Crippen molar-refractivity contribution in [2.45, 2.75) is 13.0 Å². The first-order valence-corrected chi connectivity index (χ1v) is 12.3. The lowest BCUT2D eigenvalue weighted by molar-refractivity contribution is -0.384. The molecule has 5 rings (SSSR count). The van der Waals surface area contributed by atoms with E-state index < -0.39 is 28.4 Å². The molecular weight excluding hydrogens is 518 g/mol. The van der Waals surface area contributed by atoms with Crippen LogP contribution in [0.25, 0.3) is 16.0 Å². The van der Waals surface area contributed by atoms with Gasteiger partial charge in [-0.15, -0.1) is 0 Å². The average molecular weight is 536 g/mol. The molecule has 9 nitrogen and oxygen atoms in total. The number of carbonyl (C=O) groups excluding carboxylic acids is 2. The van der Waals surface area contributed by atoms with E-state index >= 15 is 0 Å². The number of amides is 1. The van der Waals surface area contributed by atoms with Gasteiger partial charge in [0.2, 0.25) is 0 Å². The number of Topliss-reactive ketones (excluding diaryl/α,β-unsaturated/α-hetero) is 1. The molecule has 11 heteroatoms. The Hall–Kier alpha value is -4.28. The molecule has 4 aromatic rings. The topological polar surface area (TPSA) is 123 Å². The predicted molar refractivity (Wildman–Crippen MR) is 140 cm³/mol. The van der Waals surface area contributed by atoms with Crippen LogP contribution in [0.1, 0.15) is 24.1 Å². The molecule has 1 aliphatic rings. The van der Waals surface area contributed by atoms with Crippen molar-refractivity contribution in [2.24, 2.45) is 0 Å². The molecule has 1 fully saturated rings. The Kier molecular flexibility index (Phi) is 6.36. The number of thiazole rings is 1. The highest BCUT2D eigenvalue weighted by Crippen LogP contribution is 2.45. The maximum atomic E-state index is 13.4. The number of aliphatic hydroxyl groups excluding tert-OH is 1. The number of ketones is 1. The van der Waals surface area contributed by atoms with Gasteiger partial charge in [-0.1, -0.05) is 35.1 Å². The summed E-state index contributed by atoms with van der Waals surface area (Å²) in [6.07, 6.45) is 0. The molecule has 0 radical (unpaired) electrons. The smallest absolute Gasteiger partial charge is 0.301 e. The van der Waals surface area contributed by atoms with Crippen LogP contribution in [0.2, 0.25) is 5.02 Å². The van der Waals surface area contributed by atoms with Crippen molar-refractivity contribution >= 4 is 61.4 Å². The lowest BCUT2D eigenvalue weighted by Crippen LogP contribution is -2.29. The van der Waals surface area contributed by atoms with Gasteiger partial charge in [-0.05, 0) is 55.0 Å². The molecule has 0 aliphatic carbocycles. The molecule has 37 heavy (non-hydrogen) atoms. The minimum absolute atomic E-state index is 0.206. The monoisotopic (exact) mass is 535 g/mol. The van der Waals surface area contributed by atoms with E-state index in [1.54, 1.807) is 36.4 Å². The van der Waals surface area contributed by atoms with Gasteiger partial charge in [0.15, 0.2) is 5.13 Å². The molecule has 1 amide bonds. The number of anilines is 1. The van der Waals surface area contributed by atoms with Gasteiger partial charge < -0.3 is 9.84 Å². The minimum Gasteiger partial charge on any atom is -0.507 e. The van der Waals surface area contributed by atoms with Crippen LogP contribution >= 0.6 is 22.9 Å². The number of nitro groups is 1. The van der Waals surface area contributed by atoms with Crippen molar-refractivity contribution in [1.29, 1.82) is 0 Å². The van der Waals surface area contributed by atoms with Crippen molar-refractivity contribution < 1.29 is 24.4 Å². The lowest BCUT2D eigenvalue weighted by atomic mass is 9.95. The number of fused-ring (bicyclic) bond motifs is 1. The van der Waals surface area contributed by atoms with Crippen molar-refractivity contribution in [3.63, 3.8) is 0 Å². The van der Waals surface area contributed by atoms with Gasteiger partial charge in [-0.25, -0.2) is 4.98 Å². The van der Waals surface area contributed by atoms with Crippen LogP contribution in [0.3, 0.4) is 0 Å². The Morgan fingerprint density at radius 2 is 1.92 bits per heavy atom. The second-order valence-electron chi connectivity index (χ2n) is 8.09. The van der Waals surface area contributed by atoms with Crippen LogP contribution in [0.4, 0.5) is 10.8 Å². The fourth-order valence-corrected chi connectivity index (χ4v) is 5.32. The number of aromatic nitrogens is 1. The lowest BCUT2D eigenvalue weighted by Gasteiger charge is -2.22. The van der Waals surface area contributed by atoms with Crippen LogP contribution in [-0.2, 0) is 9.59 Å². The van der Waals surface area contributed by atoms with E-state index in [4.69, 9.17) is 16.3 Å². The number of ether oxygens (including phenoxy) is 1. The number of rotatable bonds is 6. The standard InChI is InChI=1S/C26H18ClN3O6S/c1-2-36-18-10-11-19-20(13-18)37-26(28-19)29-22(15-4-3-5-17(12-15)30(34)35)21(24(32)25(29)33)23(31)14-6-8-16(27)9-7-14/h3-13,22,31H,2H2,1H3/b23-21+/t22-/m0/s1. The molecule has 1 aliphatic heterocycles. The van der Waals surface area contributed by atoms with Crippen molar-refractivity contribution in [3.8, 4) is 5.75 Å². The van der Waals surface area contributed by atoms with Gasteiger partial charge in [0.1, 0.15) is 11.5 Å². The van der Waals surface area contributed by atoms with Gasteiger partial charge in [-0.2, -0.15) is 0 Å². The summed E-state index contributed by atoms with van der Waals surface area (Å²) in [5.41, 5.74) is 0.699. The van der Waals surface area contributed by atoms with Crippen LogP contribution in [0.15, 0.2) is 72.3 Å². The van der Waals surface area contributed by atoms with E-state index in [0.29, 0.717) is 22.9 Å². The number of hydrogen-bond donors (Lipinski definition) is 1. The van der Waals surface area contributed by atoms with E-state index in [2.05, 4.69) is 4.98 Å². The molecule has 0 saturated carbocycles. The van der Waals surface area contributed by atoms with E-state index in [0.717, 1.165) is 4.70 Å². The van der Waals surface area contributed by atoms with Crippen molar-refractivity contribution in [2.75, 3.05) is 11.5 Å². The Bertz CT molecular complexity index is 1600. The molecule has 2 heterocycles. The largest absolute Gasteiger partial charge is 0.507 e. The average Bonchev–Trinajstić information content (AvgIpc) is 3.42. The SMILES string of the molecule is CCOc1ccc2nc(N3C(=O)C(=O)/C(=C(/O)c4ccc(Cl)cc4)[C@@H]3c3cccc([N+](=O)[O-])c3)sc2c1. The van der Waals surface area contributed by atoms with Crippen LogP contribution in [0, 0.1) is 10.1 Å². The fraction of sp³-hybridized carbons (Fsp3) is 0.115. The molecule has 1 N–H and O–H groups in total. The molecule has 0 spiro atoms. The van der Waals surface area contributed by atoms with Crippen molar-refractivity contribution in [3.05, 3.63) is 98.6 Å². The Balaban J connectivity index is 1.71. The second-order valence-corrected chi connectivity index (χ2v) is 9.53. The summed E-state index contributed by atoms with van der Waals surface area (Å²) in [6, 6.07) is 15.8. The number of nitrogens with zero attached hydrogens (tertiary/aromatic N) is 3. The maximum absolute atomic E-state index is 13.4. The zero-order valence-corrected chi connectivity index (χ0v) is 20.8. The molecule has 0 unspecified atom stereocenters. The number of carbonyl (C=O) groups is 2. The van der Waals surface area contributed by atoms with Gasteiger partial charge in [0.05, 0.1) is 33.4 Å². The summed E-state index contributed by atoms with van der Waals surface area (Å²) in [6.45, 7) is 2.34. The quantitative estimate of drug-likeness (QED) is 0.107. The first kappa shape index (κ1) is 24.4. The first-order chi connectivity index (χ1) is 17.8. The first-order valence-electron chi connectivity index (χ1n) is 11.1. The molecule has 0 bridgehead atoms. The summed E-state index contributed by atoms with van der Waals surface area (Å²) in [4.78, 5) is 43.3. The van der Waals surface area contributed by atoms with Gasteiger partial charge in [0, 0.05) is 22.7 Å². The fourth-order valence-electron chi connectivity index (χ4n) is 4.17. The Labute approximate surface area is 219 Å². The van der Waals surface area contributed by atoms with Gasteiger partial charge in [0.25, 0.3) is 11.5 Å². The van der Waals surface area contributed by atoms with Gasteiger partial charge >= 0.3 is 5.91 Å². The minimum atomic E-state index is -1.15. The molecule has 1 aromatic heterocycles. The van der Waals surface area contributed by atoms with Crippen LogP contribution < -0.4 is 9.64 Å².